The number of allylic oxidation sites excluding steroid dienone is 1. The molecule has 0 amide bonds. The van der Waals surface area contributed by atoms with Crippen LogP contribution in [0.4, 0.5) is 8.78 Å². The summed E-state index contributed by atoms with van der Waals surface area (Å²) in [4.78, 5) is 12.2. The molecule has 0 saturated carbocycles. The zero-order valence-corrected chi connectivity index (χ0v) is 11.2. The van der Waals surface area contributed by atoms with E-state index in [0.29, 0.717) is 5.56 Å². The molecule has 0 fully saturated rings. The van der Waals surface area contributed by atoms with E-state index in [0.717, 1.165) is 29.8 Å². The highest BCUT2D eigenvalue weighted by Crippen LogP contribution is 2.17. The number of hydrogen-bond acceptors (Lipinski definition) is 2. The van der Waals surface area contributed by atoms with E-state index < -0.39 is 17.4 Å². The molecule has 2 rings (SSSR count). The van der Waals surface area contributed by atoms with Gasteiger partial charge in [0, 0.05) is 11.1 Å². The maximum Gasteiger partial charge on any atom is 0.203 e. The molecule has 0 saturated heterocycles. The van der Waals surface area contributed by atoms with Crippen LogP contribution in [-0.4, -0.2) is 5.78 Å². The first-order valence-corrected chi connectivity index (χ1v) is 6.19. The summed E-state index contributed by atoms with van der Waals surface area (Å²) >= 11 is 0. The predicted molar refractivity (Wildman–Crippen MR) is 75.5 cm³/mol. The standard InChI is InChI=1S/C17H11F2NO/c1-11-3-2-4-12(7-11)17(21)14(10-20)8-13-9-15(18)5-6-16(13)19/h2-9H,1H3/b14-8+. The second-order valence-corrected chi connectivity index (χ2v) is 4.53. The SMILES string of the molecule is Cc1cccc(C(=O)/C(C#N)=C/c2cc(F)ccc2F)c1. The van der Waals surface area contributed by atoms with Crippen molar-refractivity contribution in [2.75, 3.05) is 0 Å². The maximum absolute atomic E-state index is 13.6. The first-order valence-electron chi connectivity index (χ1n) is 6.19. The van der Waals surface area contributed by atoms with Crippen molar-refractivity contribution in [3.8, 4) is 6.07 Å². The van der Waals surface area contributed by atoms with Crippen molar-refractivity contribution in [2.45, 2.75) is 6.92 Å². The van der Waals surface area contributed by atoms with Crippen LogP contribution < -0.4 is 0 Å². The Kier molecular flexibility index (Phi) is 4.24. The van der Waals surface area contributed by atoms with E-state index in [1.54, 1.807) is 24.3 Å². The van der Waals surface area contributed by atoms with Crippen LogP contribution in [0.1, 0.15) is 21.5 Å². The summed E-state index contributed by atoms with van der Waals surface area (Å²) in [6, 6.07) is 11.3. The molecule has 0 heterocycles. The van der Waals surface area contributed by atoms with Gasteiger partial charge in [-0.05, 0) is 37.3 Å². The topological polar surface area (TPSA) is 40.9 Å². The van der Waals surface area contributed by atoms with Crippen LogP contribution in [0.15, 0.2) is 48.0 Å². The summed E-state index contributed by atoms with van der Waals surface area (Å²) in [7, 11) is 0. The summed E-state index contributed by atoms with van der Waals surface area (Å²) in [5.74, 6) is -1.85. The zero-order valence-electron chi connectivity index (χ0n) is 11.2. The minimum absolute atomic E-state index is 0.132. The van der Waals surface area contributed by atoms with Gasteiger partial charge >= 0.3 is 0 Å². The zero-order chi connectivity index (χ0) is 15.4. The molecule has 0 aromatic heterocycles. The lowest BCUT2D eigenvalue weighted by Crippen LogP contribution is -2.02. The highest BCUT2D eigenvalue weighted by atomic mass is 19.1. The molecular weight excluding hydrogens is 272 g/mol. The van der Waals surface area contributed by atoms with E-state index >= 15 is 0 Å². The van der Waals surface area contributed by atoms with E-state index in [1.165, 1.54) is 0 Å². The van der Waals surface area contributed by atoms with Gasteiger partial charge in [0.15, 0.2) is 0 Å². The van der Waals surface area contributed by atoms with Gasteiger partial charge in [-0.3, -0.25) is 4.79 Å². The van der Waals surface area contributed by atoms with Gasteiger partial charge in [0.25, 0.3) is 0 Å². The Morgan fingerprint density at radius 1 is 1.19 bits per heavy atom. The highest BCUT2D eigenvalue weighted by molar-refractivity contribution is 6.14. The van der Waals surface area contributed by atoms with Gasteiger partial charge in [-0.1, -0.05) is 23.8 Å². The Balaban J connectivity index is 2.44. The lowest BCUT2D eigenvalue weighted by Gasteiger charge is -2.02. The number of carbonyl (C=O) groups excluding carboxylic acids is 1. The monoisotopic (exact) mass is 283 g/mol. The molecule has 0 aliphatic heterocycles. The van der Waals surface area contributed by atoms with Crippen LogP contribution in [0.3, 0.4) is 0 Å². The third-order valence-electron chi connectivity index (χ3n) is 2.90. The average molecular weight is 283 g/mol. The number of Topliss-reactive ketones (excluding diaryl/α,β-unsaturated/α-hetero) is 1. The second kappa shape index (κ2) is 6.10. The van der Waals surface area contributed by atoms with Gasteiger partial charge in [-0.25, -0.2) is 8.78 Å². The Bertz CT molecular complexity index is 773. The molecule has 0 unspecified atom stereocenters. The van der Waals surface area contributed by atoms with Gasteiger partial charge in [-0.15, -0.1) is 0 Å². The fourth-order valence-electron chi connectivity index (χ4n) is 1.87. The molecule has 0 atom stereocenters. The van der Waals surface area contributed by atoms with E-state index in [1.807, 2.05) is 13.0 Å². The Morgan fingerprint density at radius 2 is 1.95 bits per heavy atom. The average Bonchev–Trinajstić information content (AvgIpc) is 2.47. The van der Waals surface area contributed by atoms with Crippen molar-refractivity contribution >= 4 is 11.9 Å². The molecule has 0 aliphatic rings. The lowest BCUT2D eigenvalue weighted by molar-refractivity contribution is 0.104. The number of nitrogens with zero attached hydrogens (tertiary/aromatic N) is 1. The van der Waals surface area contributed by atoms with Crippen LogP contribution in [0, 0.1) is 29.9 Å². The van der Waals surface area contributed by atoms with Gasteiger partial charge in [0.2, 0.25) is 5.78 Å². The summed E-state index contributed by atoms with van der Waals surface area (Å²) in [5, 5.41) is 9.09. The van der Waals surface area contributed by atoms with Gasteiger partial charge in [0.05, 0.1) is 0 Å². The molecule has 0 bridgehead atoms. The van der Waals surface area contributed by atoms with E-state index in [9.17, 15) is 13.6 Å². The Labute approximate surface area is 121 Å². The fraction of sp³-hybridized carbons (Fsp3) is 0.0588. The number of aryl methyl sites for hydroxylation is 1. The molecule has 0 spiro atoms. The molecule has 2 aromatic rings. The third-order valence-corrected chi connectivity index (χ3v) is 2.90. The fourth-order valence-corrected chi connectivity index (χ4v) is 1.87. The molecule has 0 radical (unpaired) electrons. The summed E-state index contributed by atoms with van der Waals surface area (Å²) < 4.78 is 26.7. The summed E-state index contributed by atoms with van der Waals surface area (Å²) in [5.41, 5.74) is 0.826. The molecule has 2 aromatic carbocycles. The van der Waals surface area contributed by atoms with Crippen LogP contribution in [0.5, 0.6) is 0 Å². The van der Waals surface area contributed by atoms with E-state index in [2.05, 4.69) is 0 Å². The quantitative estimate of drug-likeness (QED) is 0.484. The number of ketones is 1. The minimum Gasteiger partial charge on any atom is -0.288 e. The predicted octanol–water partition coefficient (Wildman–Crippen LogP) is 4.06. The first-order chi connectivity index (χ1) is 10.0. The van der Waals surface area contributed by atoms with Crippen LogP contribution in [0.25, 0.3) is 6.08 Å². The number of nitriles is 1. The number of benzene rings is 2. The lowest BCUT2D eigenvalue weighted by atomic mass is 10.0. The van der Waals surface area contributed by atoms with Gasteiger partial charge < -0.3 is 0 Å². The van der Waals surface area contributed by atoms with Gasteiger partial charge in [0.1, 0.15) is 23.3 Å². The highest BCUT2D eigenvalue weighted by Gasteiger charge is 2.13. The number of hydrogen-bond donors (Lipinski definition) is 0. The molecular formula is C17H11F2NO. The van der Waals surface area contributed by atoms with Gasteiger partial charge in [-0.2, -0.15) is 5.26 Å². The van der Waals surface area contributed by atoms with E-state index in [-0.39, 0.29) is 11.1 Å². The number of carbonyl (C=O) groups is 1. The number of rotatable bonds is 3. The smallest absolute Gasteiger partial charge is 0.203 e. The maximum atomic E-state index is 13.6. The van der Waals surface area contributed by atoms with Crippen LogP contribution >= 0.6 is 0 Å². The Hall–Kier alpha value is -2.80. The van der Waals surface area contributed by atoms with Crippen LogP contribution in [-0.2, 0) is 0 Å². The molecule has 21 heavy (non-hydrogen) atoms. The molecule has 0 N–H and O–H groups in total. The van der Waals surface area contributed by atoms with Crippen molar-refractivity contribution in [2.24, 2.45) is 0 Å². The summed E-state index contributed by atoms with van der Waals surface area (Å²) in [6.45, 7) is 1.82. The number of halogens is 2. The van der Waals surface area contributed by atoms with E-state index in [4.69, 9.17) is 5.26 Å². The summed E-state index contributed by atoms with van der Waals surface area (Å²) in [6.07, 6.45) is 1.06. The Morgan fingerprint density at radius 3 is 2.62 bits per heavy atom. The second-order valence-electron chi connectivity index (χ2n) is 4.53. The third kappa shape index (κ3) is 3.40. The van der Waals surface area contributed by atoms with Crippen molar-refractivity contribution in [1.82, 2.24) is 0 Å². The molecule has 0 aliphatic carbocycles. The van der Waals surface area contributed by atoms with Crippen molar-refractivity contribution < 1.29 is 13.6 Å². The first kappa shape index (κ1) is 14.6. The largest absolute Gasteiger partial charge is 0.288 e. The van der Waals surface area contributed by atoms with Crippen molar-refractivity contribution in [3.63, 3.8) is 0 Å². The van der Waals surface area contributed by atoms with Crippen LogP contribution in [0.2, 0.25) is 0 Å². The van der Waals surface area contributed by atoms with Crippen molar-refractivity contribution in [3.05, 3.63) is 76.4 Å². The minimum atomic E-state index is -0.693. The molecule has 4 heteroatoms. The normalized spacial score (nSPS) is 11.0. The molecule has 2 nitrogen and oxygen atoms in total. The molecule has 104 valence electrons. The van der Waals surface area contributed by atoms with Crippen molar-refractivity contribution in [1.29, 1.82) is 5.26 Å².